The van der Waals surface area contributed by atoms with Gasteiger partial charge in [-0.15, -0.1) is 0 Å². The highest BCUT2D eigenvalue weighted by Crippen LogP contribution is 2.29. The maximum atomic E-state index is 12.9. The molecule has 1 atom stereocenters. The van der Waals surface area contributed by atoms with Crippen molar-refractivity contribution in [2.24, 2.45) is 0 Å². The molecule has 1 amide bonds. The second-order valence-electron chi connectivity index (χ2n) is 7.18. The molecular formula is C21H17NO7S. The average Bonchev–Trinajstić information content (AvgIpc) is 3.07. The van der Waals surface area contributed by atoms with E-state index in [0.29, 0.717) is 6.42 Å². The molecule has 1 aliphatic heterocycles. The van der Waals surface area contributed by atoms with Gasteiger partial charge in [-0.2, -0.15) is 0 Å². The van der Waals surface area contributed by atoms with Gasteiger partial charge in [0.15, 0.2) is 28.0 Å². The van der Waals surface area contributed by atoms with Crippen LogP contribution in [0.2, 0.25) is 0 Å². The second-order valence-corrected chi connectivity index (χ2v) is 9.40. The first-order chi connectivity index (χ1) is 14.3. The SMILES string of the molecule is O=C(COC(=O)c1cccc2c1C(=O)c1ccccc1C2=O)N[C@@H]1CCS(=O)(=O)C1. The van der Waals surface area contributed by atoms with Gasteiger partial charge in [0.25, 0.3) is 5.91 Å². The molecule has 0 unspecified atom stereocenters. The fraction of sp³-hybridized carbons (Fsp3) is 0.238. The summed E-state index contributed by atoms with van der Waals surface area (Å²) in [4.78, 5) is 50.2. The van der Waals surface area contributed by atoms with E-state index in [-0.39, 0.29) is 45.1 Å². The van der Waals surface area contributed by atoms with Crippen LogP contribution in [0.5, 0.6) is 0 Å². The predicted molar refractivity (Wildman–Crippen MR) is 105 cm³/mol. The molecule has 2 aliphatic rings. The van der Waals surface area contributed by atoms with Gasteiger partial charge < -0.3 is 10.1 Å². The van der Waals surface area contributed by atoms with Gasteiger partial charge in [-0.05, 0) is 12.5 Å². The largest absolute Gasteiger partial charge is 0.452 e. The van der Waals surface area contributed by atoms with Crippen molar-refractivity contribution in [1.29, 1.82) is 0 Å². The Bertz CT molecular complexity index is 1200. The molecule has 4 rings (SSSR count). The van der Waals surface area contributed by atoms with Gasteiger partial charge >= 0.3 is 5.97 Å². The summed E-state index contributed by atoms with van der Waals surface area (Å²) in [7, 11) is -3.15. The molecule has 2 aromatic carbocycles. The normalized spacial score (nSPS) is 19.0. The van der Waals surface area contributed by atoms with Crippen LogP contribution in [-0.4, -0.2) is 56.0 Å². The van der Waals surface area contributed by atoms with Crippen LogP contribution in [0.3, 0.4) is 0 Å². The lowest BCUT2D eigenvalue weighted by Gasteiger charge is -2.19. The number of benzene rings is 2. The van der Waals surface area contributed by atoms with Crippen molar-refractivity contribution < 1.29 is 32.3 Å². The fourth-order valence-corrected chi connectivity index (χ4v) is 5.38. The third kappa shape index (κ3) is 3.63. The highest BCUT2D eigenvalue weighted by atomic mass is 32.2. The van der Waals surface area contributed by atoms with Crippen molar-refractivity contribution in [3.8, 4) is 0 Å². The number of hydrogen-bond donors (Lipinski definition) is 1. The van der Waals surface area contributed by atoms with Crippen LogP contribution in [0.25, 0.3) is 0 Å². The molecule has 1 N–H and O–H groups in total. The van der Waals surface area contributed by atoms with Crippen LogP contribution in [0, 0.1) is 0 Å². The molecule has 30 heavy (non-hydrogen) atoms. The molecule has 1 heterocycles. The Hall–Kier alpha value is -3.33. The molecule has 0 spiro atoms. The number of nitrogens with one attached hydrogen (secondary N) is 1. The molecule has 0 radical (unpaired) electrons. The zero-order valence-electron chi connectivity index (χ0n) is 15.7. The summed E-state index contributed by atoms with van der Waals surface area (Å²) in [5.74, 6) is -2.52. The summed E-state index contributed by atoms with van der Waals surface area (Å²) in [6.07, 6.45) is 0.310. The van der Waals surface area contributed by atoms with Crippen molar-refractivity contribution in [3.05, 3.63) is 70.3 Å². The number of sulfone groups is 1. The van der Waals surface area contributed by atoms with E-state index in [0.717, 1.165) is 0 Å². The average molecular weight is 427 g/mol. The van der Waals surface area contributed by atoms with Gasteiger partial charge in [-0.25, -0.2) is 13.2 Å². The van der Waals surface area contributed by atoms with E-state index in [4.69, 9.17) is 4.74 Å². The zero-order valence-corrected chi connectivity index (χ0v) is 16.5. The van der Waals surface area contributed by atoms with Crippen molar-refractivity contribution in [2.75, 3.05) is 18.1 Å². The molecule has 9 heteroatoms. The summed E-state index contributed by atoms with van der Waals surface area (Å²) < 4.78 is 27.9. The molecule has 1 saturated heterocycles. The van der Waals surface area contributed by atoms with Crippen LogP contribution in [-0.2, 0) is 19.4 Å². The van der Waals surface area contributed by atoms with Crippen LogP contribution >= 0.6 is 0 Å². The molecule has 1 aliphatic carbocycles. The highest BCUT2D eigenvalue weighted by Gasteiger charge is 2.33. The molecule has 0 aromatic heterocycles. The molecular weight excluding hydrogens is 410 g/mol. The van der Waals surface area contributed by atoms with Crippen molar-refractivity contribution >= 4 is 33.3 Å². The minimum absolute atomic E-state index is 0.00546. The van der Waals surface area contributed by atoms with E-state index in [9.17, 15) is 27.6 Å². The molecule has 8 nitrogen and oxygen atoms in total. The van der Waals surface area contributed by atoms with E-state index in [1.54, 1.807) is 18.2 Å². The smallest absolute Gasteiger partial charge is 0.339 e. The third-order valence-corrected chi connectivity index (χ3v) is 6.87. The topological polar surface area (TPSA) is 124 Å². The quantitative estimate of drug-likeness (QED) is 0.614. The van der Waals surface area contributed by atoms with E-state index in [2.05, 4.69) is 5.32 Å². The Labute approximate surface area is 172 Å². The first-order valence-electron chi connectivity index (χ1n) is 9.25. The van der Waals surface area contributed by atoms with E-state index in [1.807, 2.05) is 0 Å². The van der Waals surface area contributed by atoms with Crippen LogP contribution in [0.15, 0.2) is 42.5 Å². The molecule has 0 saturated carbocycles. The highest BCUT2D eigenvalue weighted by molar-refractivity contribution is 7.91. The van der Waals surface area contributed by atoms with Crippen molar-refractivity contribution in [1.82, 2.24) is 5.32 Å². The van der Waals surface area contributed by atoms with Gasteiger partial charge in [-0.3, -0.25) is 14.4 Å². The van der Waals surface area contributed by atoms with E-state index >= 15 is 0 Å². The van der Waals surface area contributed by atoms with Crippen LogP contribution in [0.1, 0.15) is 48.6 Å². The van der Waals surface area contributed by atoms with Crippen LogP contribution < -0.4 is 5.32 Å². The number of esters is 1. The van der Waals surface area contributed by atoms with Gasteiger partial charge in [-0.1, -0.05) is 36.4 Å². The summed E-state index contributed by atoms with van der Waals surface area (Å²) >= 11 is 0. The first-order valence-corrected chi connectivity index (χ1v) is 11.1. The number of fused-ring (bicyclic) bond motifs is 2. The Kier molecular flexibility index (Phi) is 4.98. The third-order valence-electron chi connectivity index (χ3n) is 5.10. The number of rotatable bonds is 4. The van der Waals surface area contributed by atoms with Crippen molar-refractivity contribution in [3.63, 3.8) is 0 Å². The van der Waals surface area contributed by atoms with Gasteiger partial charge in [0.2, 0.25) is 0 Å². The fourth-order valence-electron chi connectivity index (χ4n) is 3.70. The number of ether oxygens (including phenoxy) is 1. The summed E-state index contributed by atoms with van der Waals surface area (Å²) in [5, 5.41) is 2.52. The maximum absolute atomic E-state index is 12.9. The lowest BCUT2D eigenvalue weighted by Crippen LogP contribution is -2.38. The summed E-state index contributed by atoms with van der Waals surface area (Å²) in [6.45, 7) is -0.627. The van der Waals surface area contributed by atoms with Crippen molar-refractivity contribution in [2.45, 2.75) is 12.5 Å². The predicted octanol–water partition coefficient (Wildman–Crippen LogP) is 0.922. The van der Waals surface area contributed by atoms with Crippen LogP contribution in [0.4, 0.5) is 0 Å². The van der Waals surface area contributed by atoms with E-state index < -0.39 is 40.1 Å². The second kappa shape index (κ2) is 7.49. The maximum Gasteiger partial charge on any atom is 0.339 e. The van der Waals surface area contributed by atoms with Gasteiger partial charge in [0, 0.05) is 28.3 Å². The Morgan fingerprint density at radius 3 is 2.30 bits per heavy atom. The molecule has 2 aromatic rings. The molecule has 0 bridgehead atoms. The zero-order chi connectivity index (χ0) is 21.5. The number of carbonyl (C=O) groups excluding carboxylic acids is 4. The minimum Gasteiger partial charge on any atom is -0.452 e. The Morgan fingerprint density at radius 2 is 1.63 bits per heavy atom. The Morgan fingerprint density at radius 1 is 0.967 bits per heavy atom. The number of carbonyl (C=O) groups is 4. The molecule has 1 fully saturated rings. The summed E-state index contributed by atoms with van der Waals surface area (Å²) in [5.41, 5.74) is 0.431. The number of ketones is 2. The van der Waals surface area contributed by atoms with Gasteiger partial charge in [0.05, 0.1) is 17.1 Å². The standard InChI is InChI=1S/C21H17NO7S/c23-17(22-12-8-9-30(27,28)11-12)10-29-21(26)16-7-3-6-15-18(16)20(25)14-5-2-1-4-13(14)19(15)24/h1-7,12H,8-11H2,(H,22,23)/t12-/m1/s1. The van der Waals surface area contributed by atoms with E-state index in [1.165, 1.54) is 24.3 Å². The lowest BCUT2D eigenvalue weighted by molar-refractivity contribution is -0.124. The van der Waals surface area contributed by atoms with Gasteiger partial charge in [0.1, 0.15) is 0 Å². The lowest BCUT2D eigenvalue weighted by atomic mass is 9.82. The molecule has 154 valence electrons. The number of hydrogen-bond acceptors (Lipinski definition) is 7. The minimum atomic E-state index is -3.15. The monoisotopic (exact) mass is 427 g/mol. The Balaban J connectivity index is 1.50. The first kappa shape index (κ1) is 20.0. The summed E-state index contributed by atoms with van der Waals surface area (Å²) in [6, 6.07) is 10.1. The number of amides is 1.